The van der Waals surface area contributed by atoms with Crippen LogP contribution in [-0.2, 0) is 13.2 Å². The van der Waals surface area contributed by atoms with Crippen molar-refractivity contribution in [2.75, 3.05) is 5.32 Å². The highest BCUT2D eigenvalue weighted by atomic mass is 35.5. The number of nitrogens with zero attached hydrogens (tertiary/aromatic N) is 3. The van der Waals surface area contributed by atoms with E-state index in [9.17, 15) is 4.79 Å². The standard InChI is InChI=1S/C22H17Cl3N4O3/c1-13-17(12-31-20-5-3-2-4-18(20)24)21(28-32-13)22(30)27-16-9-26-29(11-16)10-14-6-7-15(23)8-19(14)25/h2-9,11H,10,12H2,1H3,(H,27,30). The van der Waals surface area contributed by atoms with Gasteiger partial charge in [-0.15, -0.1) is 0 Å². The Bertz CT molecular complexity index is 1270. The molecule has 0 atom stereocenters. The Morgan fingerprint density at radius 1 is 1.16 bits per heavy atom. The lowest BCUT2D eigenvalue weighted by Crippen LogP contribution is -2.15. The number of carbonyl (C=O) groups is 1. The second-order valence-electron chi connectivity index (χ2n) is 6.90. The Morgan fingerprint density at radius 3 is 2.75 bits per heavy atom. The van der Waals surface area contributed by atoms with E-state index in [-0.39, 0.29) is 12.3 Å². The number of carbonyl (C=O) groups excluding carboxylic acids is 1. The van der Waals surface area contributed by atoms with E-state index in [0.717, 1.165) is 5.56 Å². The number of benzene rings is 2. The lowest BCUT2D eigenvalue weighted by atomic mass is 10.2. The highest BCUT2D eigenvalue weighted by Gasteiger charge is 2.21. The molecule has 0 saturated heterocycles. The summed E-state index contributed by atoms with van der Waals surface area (Å²) in [5, 5.41) is 12.5. The molecule has 4 rings (SSSR count). The van der Waals surface area contributed by atoms with Gasteiger partial charge in [-0.05, 0) is 36.8 Å². The van der Waals surface area contributed by atoms with Gasteiger partial charge >= 0.3 is 0 Å². The molecule has 10 heteroatoms. The second kappa shape index (κ2) is 9.65. The van der Waals surface area contributed by atoms with E-state index in [2.05, 4.69) is 15.6 Å². The molecule has 0 aliphatic carbocycles. The molecule has 4 aromatic rings. The molecule has 0 unspecified atom stereocenters. The van der Waals surface area contributed by atoms with Crippen LogP contribution in [0.3, 0.4) is 0 Å². The quantitative estimate of drug-likeness (QED) is 0.342. The summed E-state index contributed by atoms with van der Waals surface area (Å²) < 4.78 is 12.6. The number of aromatic nitrogens is 3. The van der Waals surface area contributed by atoms with E-state index >= 15 is 0 Å². The van der Waals surface area contributed by atoms with Crippen LogP contribution >= 0.6 is 34.8 Å². The minimum Gasteiger partial charge on any atom is -0.487 e. The molecule has 164 valence electrons. The van der Waals surface area contributed by atoms with Crippen LogP contribution in [0.4, 0.5) is 5.69 Å². The number of rotatable bonds is 7. The van der Waals surface area contributed by atoms with E-state index in [1.807, 2.05) is 12.1 Å². The zero-order valence-corrected chi connectivity index (χ0v) is 19.1. The maximum Gasteiger partial charge on any atom is 0.278 e. The molecule has 0 aliphatic rings. The van der Waals surface area contributed by atoms with Gasteiger partial charge in [0.2, 0.25) is 0 Å². The number of nitrogens with one attached hydrogen (secondary N) is 1. The monoisotopic (exact) mass is 490 g/mol. The van der Waals surface area contributed by atoms with Crippen molar-refractivity contribution in [3.8, 4) is 5.75 Å². The van der Waals surface area contributed by atoms with Gasteiger partial charge in [-0.25, -0.2) is 0 Å². The maximum atomic E-state index is 12.8. The first-order valence-electron chi connectivity index (χ1n) is 9.51. The molecular weight excluding hydrogens is 475 g/mol. The number of amides is 1. The van der Waals surface area contributed by atoms with E-state index < -0.39 is 5.91 Å². The number of hydrogen-bond donors (Lipinski definition) is 1. The van der Waals surface area contributed by atoms with Gasteiger partial charge < -0.3 is 14.6 Å². The zero-order chi connectivity index (χ0) is 22.7. The molecule has 2 heterocycles. The van der Waals surface area contributed by atoms with Crippen molar-refractivity contribution in [2.45, 2.75) is 20.1 Å². The van der Waals surface area contributed by atoms with Gasteiger partial charge in [0, 0.05) is 16.2 Å². The predicted octanol–water partition coefficient (Wildman–Crippen LogP) is 6.02. The molecule has 7 nitrogen and oxygen atoms in total. The first-order valence-corrected chi connectivity index (χ1v) is 10.6. The zero-order valence-electron chi connectivity index (χ0n) is 16.8. The third-order valence-corrected chi connectivity index (χ3v) is 5.55. The number of hydrogen-bond acceptors (Lipinski definition) is 5. The van der Waals surface area contributed by atoms with Crippen molar-refractivity contribution in [3.63, 3.8) is 0 Å². The number of para-hydroxylation sites is 1. The fraction of sp³-hybridized carbons (Fsp3) is 0.136. The molecule has 1 amide bonds. The summed E-state index contributed by atoms with van der Waals surface area (Å²) >= 11 is 18.3. The van der Waals surface area contributed by atoms with Crippen molar-refractivity contribution >= 4 is 46.4 Å². The Balaban J connectivity index is 1.44. The third-order valence-electron chi connectivity index (χ3n) is 4.65. The fourth-order valence-corrected chi connectivity index (χ4v) is 3.64. The van der Waals surface area contributed by atoms with Crippen LogP contribution in [0.15, 0.2) is 59.4 Å². The Morgan fingerprint density at radius 2 is 1.97 bits per heavy atom. The number of anilines is 1. The molecule has 0 saturated carbocycles. The summed E-state index contributed by atoms with van der Waals surface area (Å²) in [5.74, 6) is 0.544. The van der Waals surface area contributed by atoms with Gasteiger partial charge in [0.05, 0.1) is 29.0 Å². The van der Waals surface area contributed by atoms with Gasteiger partial charge in [0.25, 0.3) is 5.91 Å². The smallest absolute Gasteiger partial charge is 0.278 e. The first kappa shape index (κ1) is 22.2. The highest BCUT2D eigenvalue weighted by molar-refractivity contribution is 6.35. The minimum atomic E-state index is -0.441. The van der Waals surface area contributed by atoms with E-state index in [4.69, 9.17) is 44.1 Å². The first-order chi connectivity index (χ1) is 15.4. The van der Waals surface area contributed by atoms with E-state index in [0.29, 0.717) is 44.4 Å². The largest absolute Gasteiger partial charge is 0.487 e. The van der Waals surface area contributed by atoms with Crippen molar-refractivity contribution in [1.29, 1.82) is 0 Å². The van der Waals surface area contributed by atoms with Gasteiger partial charge in [-0.2, -0.15) is 5.10 Å². The number of aryl methyl sites for hydroxylation is 1. The van der Waals surface area contributed by atoms with Crippen LogP contribution in [0.25, 0.3) is 0 Å². The fourth-order valence-electron chi connectivity index (χ4n) is 2.98. The third kappa shape index (κ3) is 5.07. The van der Waals surface area contributed by atoms with Crippen LogP contribution in [0.1, 0.15) is 27.4 Å². The molecule has 1 N–H and O–H groups in total. The molecular formula is C22H17Cl3N4O3. The molecule has 0 fully saturated rings. The van der Waals surface area contributed by atoms with Crippen molar-refractivity contribution in [3.05, 3.63) is 92.5 Å². The Labute approximate surface area is 198 Å². The van der Waals surface area contributed by atoms with Crippen LogP contribution in [0.2, 0.25) is 15.1 Å². The average Bonchev–Trinajstić information content (AvgIpc) is 3.35. The van der Waals surface area contributed by atoms with Gasteiger partial charge in [0.1, 0.15) is 18.1 Å². The summed E-state index contributed by atoms with van der Waals surface area (Å²) in [4.78, 5) is 12.8. The maximum absolute atomic E-state index is 12.8. The SMILES string of the molecule is Cc1onc(C(=O)Nc2cnn(Cc3ccc(Cl)cc3Cl)c2)c1COc1ccccc1Cl. The van der Waals surface area contributed by atoms with Crippen LogP contribution in [-0.4, -0.2) is 20.8 Å². The van der Waals surface area contributed by atoms with Gasteiger partial charge in [0.15, 0.2) is 5.69 Å². The summed E-state index contributed by atoms with van der Waals surface area (Å²) in [6.07, 6.45) is 3.23. The molecule has 32 heavy (non-hydrogen) atoms. The number of ether oxygens (including phenoxy) is 1. The normalized spacial score (nSPS) is 10.9. The summed E-state index contributed by atoms with van der Waals surface area (Å²) in [6.45, 7) is 2.21. The summed E-state index contributed by atoms with van der Waals surface area (Å²) in [6, 6.07) is 12.3. The molecule has 0 radical (unpaired) electrons. The molecule has 0 spiro atoms. The van der Waals surface area contributed by atoms with Crippen LogP contribution in [0.5, 0.6) is 5.75 Å². The van der Waals surface area contributed by atoms with Crippen molar-refractivity contribution < 1.29 is 14.1 Å². The van der Waals surface area contributed by atoms with Gasteiger partial charge in [-0.3, -0.25) is 9.48 Å². The van der Waals surface area contributed by atoms with Gasteiger partial charge in [-0.1, -0.05) is 58.2 Å². The van der Waals surface area contributed by atoms with E-state index in [1.165, 1.54) is 6.20 Å². The summed E-state index contributed by atoms with van der Waals surface area (Å²) in [7, 11) is 0. The lowest BCUT2D eigenvalue weighted by Gasteiger charge is -2.08. The Hall–Kier alpha value is -3.00. The average molecular weight is 492 g/mol. The molecule has 0 aliphatic heterocycles. The predicted molar refractivity (Wildman–Crippen MR) is 123 cm³/mol. The second-order valence-corrected chi connectivity index (χ2v) is 8.15. The van der Waals surface area contributed by atoms with E-state index in [1.54, 1.807) is 48.1 Å². The number of halogens is 3. The van der Waals surface area contributed by atoms with Crippen molar-refractivity contribution in [2.24, 2.45) is 0 Å². The molecule has 2 aromatic heterocycles. The van der Waals surface area contributed by atoms with Crippen LogP contribution in [0, 0.1) is 6.92 Å². The highest BCUT2D eigenvalue weighted by Crippen LogP contribution is 2.26. The molecule has 2 aromatic carbocycles. The minimum absolute atomic E-state index is 0.0795. The topological polar surface area (TPSA) is 82.2 Å². The molecule has 0 bridgehead atoms. The summed E-state index contributed by atoms with van der Waals surface area (Å²) in [5.41, 5.74) is 2.01. The lowest BCUT2D eigenvalue weighted by molar-refractivity contribution is 0.101. The Kier molecular flexibility index (Phi) is 6.69. The van der Waals surface area contributed by atoms with Crippen molar-refractivity contribution in [1.82, 2.24) is 14.9 Å². The van der Waals surface area contributed by atoms with Crippen LogP contribution < -0.4 is 10.1 Å².